The first kappa shape index (κ1) is 14.5. The van der Waals surface area contributed by atoms with Crippen molar-refractivity contribution in [3.63, 3.8) is 0 Å². The predicted molar refractivity (Wildman–Crippen MR) is 74.6 cm³/mol. The molecule has 7 heteroatoms. The van der Waals surface area contributed by atoms with E-state index in [2.05, 4.69) is 4.98 Å². The van der Waals surface area contributed by atoms with Crippen LogP contribution in [0.3, 0.4) is 0 Å². The Labute approximate surface area is 120 Å². The summed E-state index contributed by atoms with van der Waals surface area (Å²) in [5.41, 5.74) is 0.723. The van der Waals surface area contributed by atoms with Crippen molar-refractivity contribution in [1.82, 2.24) is 4.98 Å². The van der Waals surface area contributed by atoms with E-state index in [4.69, 9.17) is 4.74 Å². The standard InChI is InChI=1S/C13H14N2O4S/c1-8(16)20-9-5-12(17)15(7-9)11-6-14-4-3-10(11)13(18)19-2/h3-4,6,9H,5,7H2,1-2H3. The van der Waals surface area contributed by atoms with Gasteiger partial charge in [-0.25, -0.2) is 4.79 Å². The third kappa shape index (κ3) is 2.98. The van der Waals surface area contributed by atoms with Crippen molar-refractivity contribution in [2.45, 2.75) is 18.6 Å². The summed E-state index contributed by atoms with van der Waals surface area (Å²) in [5.74, 6) is -0.639. The fraction of sp³-hybridized carbons (Fsp3) is 0.385. The summed E-state index contributed by atoms with van der Waals surface area (Å²) in [7, 11) is 1.28. The summed E-state index contributed by atoms with van der Waals surface area (Å²) in [4.78, 5) is 40.3. The number of anilines is 1. The second kappa shape index (κ2) is 6.04. The van der Waals surface area contributed by atoms with Crippen LogP contribution in [0.15, 0.2) is 18.5 Å². The number of aromatic nitrogens is 1. The van der Waals surface area contributed by atoms with E-state index in [-0.39, 0.29) is 22.7 Å². The van der Waals surface area contributed by atoms with Crippen molar-refractivity contribution in [2.24, 2.45) is 0 Å². The van der Waals surface area contributed by atoms with Gasteiger partial charge in [0.2, 0.25) is 5.91 Å². The van der Waals surface area contributed by atoms with E-state index in [1.165, 1.54) is 37.4 Å². The molecule has 1 aliphatic heterocycles. The van der Waals surface area contributed by atoms with Crippen LogP contribution in [0.1, 0.15) is 23.7 Å². The van der Waals surface area contributed by atoms with Crippen LogP contribution >= 0.6 is 11.8 Å². The SMILES string of the molecule is COC(=O)c1ccncc1N1CC(SC(C)=O)CC1=O. The highest BCUT2D eigenvalue weighted by Gasteiger charge is 2.34. The lowest BCUT2D eigenvalue weighted by Crippen LogP contribution is -2.27. The molecule has 2 heterocycles. The minimum atomic E-state index is -0.516. The molecule has 0 radical (unpaired) electrons. The molecular weight excluding hydrogens is 280 g/mol. The Kier molecular flexibility index (Phi) is 4.39. The van der Waals surface area contributed by atoms with Gasteiger partial charge in [-0.2, -0.15) is 0 Å². The van der Waals surface area contributed by atoms with Crippen molar-refractivity contribution < 1.29 is 19.1 Å². The van der Waals surface area contributed by atoms with Crippen LogP contribution in [0.5, 0.6) is 0 Å². The molecule has 2 rings (SSSR count). The van der Waals surface area contributed by atoms with Crippen LogP contribution in [-0.4, -0.2) is 40.9 Å². The first-order valence-electron chi connectivity index (χ1n) is 6.03. The fourth-order valence-corrected chi connectivity index (χ4v) is 3.02. The average molecular weight is 294 g/mol. The van der Waals surface area contributed by atoms with Gasteiger partial charge >= 0.3 is 5.97 Å². The number of pyridine rings is 1. The maximum Gasteiger partial charge on any atom is 0.340 e. The molecule has 0 N–H and O–H groups in total. The molecular formula is C13H14N2O4S. The summed E-state index contributed by atoms with van der Waals surface area (Å²) in [6, 6.07) is 1.51. The van der Waals surface area contributed by atoms with Crippen molar-refractivity contribution in [3.8, 4) is 0 Å². The lowest BCUT2D eigenvalue weighted by molar-refractivity contribution is -0.117. The van der Waals surface area contributed by atoms with Crippen LogP contribution in [0.4, 0.5) is 5.69 Å². The zero-order valence-electron chi connectivity index (χ0n) is 11.2. The summed E-state index contributed by atoms with van der Waals surface area (Å²) in [6.45, 7) is 1.86. The molecule has 6 nitrogen and oxygen atoms in total. The lowest BCUT2D eigenvalue weighted by Gasteiger charge is -2.18. The van der Waals surface area contributed by atoms with Gasteiger partial charge < -0.3 is 9.64 Å². The van der Waals surface area contributed by atoms with Gasteiger partial charge in [-0.15, -0.1) is 0 Å². The van der Waals surface area contributed by atoms with Gasteiger partial charge in [0.25, 0.3) is 0 Å². The molecule has 0 bridgehead atoms. The summed E-state index contributed by atoms with van der Waals surface area (Å²) >= 11 is 1.15. The zero-order valence-corrected chi connectivity index (χ0v) is 12.0. The normalized spacial score (nSPS) is 18.2. The molecule has 1 amide bonds. The van der Waals surface area contributed by atoms with E-state index in [0.29, 0.717) is 17.8 Å². The molecule has 1 atom stereocenters. The largest absolute Gasteiger partial charge is 0.465 e. The fourth-order valence-electron chi connectivity index (χ4n) is 2.11. The average Bonchev–Trinajstić information content (AvgIpc) is 2.77. The highest BCUT2D eigenvalue weighted by atomic mass is 32.2. The molecule has 0 aromatic carbocycles. The first-order chi connectivity index (χ1) is 9.52. The maximum atomic E-state index is 12.1. The Bertz CT molecular complexity index is 561. The van der Waals surface area contributed by atoms with E-state index in [9.17, 15) is 14.4 Å². The third-order valence-electron chi connectivity index (χ3n) is 2.92. The lowest BCUT2D eigenvalue weighted by atomic mass is 10.2. The third-order valence-corrected chi connectivity index (χ3v) is 3.90. The Morgan fingerprint density at radius 1 is 1.50 bits per heavy atom. The van der Waals surface area contributed by atoms with Gasteiger partial charge in [-0.05, 0) is 6.07 Å². The van der Waals surface area contributed by atoms with Gasteiger partial charge in [-0.3, -0.25) is 14.6 Å². The van der Waals surface area contributed by atoms with Crippen molar-refractivity contribution in [3.05, 3.63) is 24.0 Å². The molecule has 1 aromatic rings. The van der Waals surface area contributed by atoms with Gasteiger partial charge in [0.05, 0.1) is 24.6 Å². The minimum absolute atomic E-state index is 0.0240. The van der Waals surface area contributed by atoms with Crippen LogP contribution in [0.2, 0.25) is 0 Å². The molecule has 1 aromatic heterocycles. The predicted octanol–water partition coefficient (Wildman–Crippen LogP) is 1.25. The number of hydrogen-bond donors (Lipinski definition) is 0. The second-order valence-corrected chi connectivity index (χ2v) is 5.80. The Balaban J connectivity index is 2.26. The Morgan fingerprint density at radius 2 is 2.25 bits per heavy atom. The summed E-state index contributed by atoms with van der Waals surface area (Å²) in [5, 5.41) is -0.116. The number of hydrogen-bond acceptors (Lipinski definition) is 6. The maximum absolute atomic E-state index is 12.1. The Hall–Kier alpha value is -1.89. The first-order valence-corrected chi connectivity index (χ1v) is 6.90. The van der Waals surface area contributed by atoms with E-state index < -0.39 is 5.97 Å². The number of carbonyl (C=O) groups excluding carboxylic acids is 3. The highest BCUT2D eigenvalue weighted by Crippen LogP contribution is 2.30. The van der Waals surface area contributed by atoms with Gasteiger partial charge in [0.1, 0.15) is 0 Å². The highest BCUT2D eigenvalue weighted by molar-refractivity contribution is 8.14. The summed E-state index contributed by atoms with van der Waals surface area (Å²) in [6.07, 6.45) is 3.21. The number of carbonyl (C=O) groups is 3. The molecule has 0 spiro atoms. The molecule has 0 aliphatic carbocycles. The van der Waals surface area contributed by atoms with Crippen LogP contribution in [-0.2, 0) is 14.3 Å². The number of rotatable bonds is 3. The van der Waals surface area contributed by atoms with Crippen molar-refractivity contribution in [1.29, 1.82) is 0 Å². The van der Waals surface area contributed by atoms with E-state index in [1.807, 2.05) is 0 Å². The van der Waals surface area contributed by atoms with E-state index in [0.717, 1.165) is 11.8 Å². The number of nitrogens with zero attached hydrogens (tertiary/aromatic N) is 2. The smallest absolute Gasteiger partial charge is 0.340 e. The number of ether oxygens (including phenoxy) is 1. The van der Waals surface area contributed by atoms with Crippen molar-refractivity contribution in [2.75, 3.05) is 18.6 Å². The minimum Gasteiger partial charge on any atom is -0.465 e. The molecule has 1 unspecified atom stereocenters. The summed E-state index contributed by atoms with van der Waals surface area (Å²) < 4.78 is 4.70. The molecule has 1 saturated heterocycles. The van der Waals surface area contributed by atoms with Crippen LogP contribution < -0.4 is 4.90 Å². The topological polar surface area (TPSA) is 76.6 Å². The molecule has 20 heavy (non-hydrogen) atoms. The molecule has 1 aliphatic rings. The molecule has 106 valence electrons. The van der Waals surface area contributed by atoms with E-state index in [1.54, 1.807) is 0 Å². The van der Waals surface area contributed by atoms with Crippen LogP contribution in [0, 0.1) is 0 Å². The number of thioether (sulfide) groups is 1. The number of amides is 1. The number of methoxy groups -OCH3 is 1. The van der Waals surface area contributed by atoms with Crippen LogP contribution in [0.25, 0.3) is 0 Å². The second-order valence-electron chi connectivity index (χ2n) is 4.32. The van der Waals surface area contributed by atoms with Gasteiger partial charge in [0.15, 0.2) is 5.12 Å². The van der Waals surface area contributed by atoms with Gasteiger partial charge in [-0.1, -0.05) is 11.8 Å². The monoisotopic (exact) mass is 294 g/mol. The van der Waals surface area contributed by atoms with Gasteiger partial charge in [0, 0.05) is 31.3 Å². The zero-order chi connectivity index (χ0) is 14.7. The van der Waals surface area contributed by atoms with Crippen molar-refractivity contribution >= 4 is 34.4 Å². The quantitative estimate of drug-likeness (QED) is 0.781. The van der Waals surface area contributed by atoms with E-state index >= 15 is 0 Å². The molecule has 1 fully saturated rings. The number of esters is 1. The Morgan fingerprint density at radius 3 is 2.90 bits per heavy atom. The molecule has 0 saturated carbocycles.